The first-order valence-electron chi connectivity index (χ1n) is 3.15. The molecule has 0 aliphatic heterocycles. The molecule has 1 heterocycles. The summed E-state index contributed by atoms with van der Waals surface area (Å²) in [6.45, 7) is 1.59. The summed E-state index contributed by atoms with van der Waals surface area (Å²) < 4.78 is 7.80. The van der Waals surface area contributed by atoms with Crippen molar-refractivity contribution in [1.29, 1.82) is 0 Å². The third kappa shape index (κ3) is 2.28. The van der Waals surface area contributed by atoms with Crippen molar-refractivity contribution in [2.75, 3.05) is 18.4 Å². The van der Waals surface area contributed by atoms with Gasteiger partial charge in [-0.25, -0.2) is 0 Å². The van der Waals surface area contributed by atoms with Crippen molar-refractivity contribution in [3.63, 3.8) is 0 Å². The van der Waals surface area contributed by atoms with E-state index in [4.69, 9.17) is 5.73 Å². The van der Waals surface area contributed by atoms with Gasteiger partial charge in [0, 0.05) is 6.54 Å². The van der Waals surface area contributed by atoms with Gasteiger partial charge >= 0.3 is 0 Å². The maximum Gasteiger partial charge on any atom is 0.160 e. The van der Waals surface area contributed by atoms with E-state index in [1.807, 2.05) is 0 Å². The highest BCUT2D eigenvalue weighted by molar-refractivity contribution is 6.99. The summed E-state index contributed by atoms with van der Waals surface area (Å²) in [5.74, 6) is 0.846. The third-order valence-electron chi connectivity index (χ3n) is 1.05. The fourth-order valence-electron chi connectivity index (χ4n) is 0.561. The highest BCUT2D eigenvalue weighted by Crippen LogP contribution is 2.00. The number of hydrogen-bond acceptors (Lipinski definition) is 5. The second-order valence-electron chi connectivity index (χ2n) is 1.86. The largest absolute Gasteiger partial charge is 0.368 e. The predicted molar refractivity (Wildman–Crippen MR) is 42.1 cm³/mol. The van der Waals surface area contributed by atoms with Gasteiger partial charge < -0.3 is 11.1 Å². The molecule has 4 nitrogen and oxygen atoms in total. The zero-order chi connectivity index (χ0) is 7.23. The molecule has 0 aliphatic carbocycles. The van der Waals surface area contributed by atoms with Crippen molar-refractivity contribution in [3.05, 3.63) is 6.20 Å². The second-order valence-corrected chi connectivity index (χ2v) is 2.42. The molecule has 0 aliphatic rings. The molecule has 0 fully saturated rings. The molecule has 0 atom stereocenters. The zero-order valence-corrected chi connectivity index (χ0v) is 6.40. The molecular formula is C5H10N4S. The number of anilines is 1. The Hall–Kier alpha value is -0.680. The fourth-order valence-corrected chi connectivity index (χ4v) is 0.955. The summed E-state index contributed by atoms with van der Waals surface area (Å²) in [7, 11) is 0. The minimum absolute atomic E-state index is 0.713. The molecule has 1 aromatic rings. The Bertz CT molecular complexity index is 162. The van der Waals surface area contributed by atoms with Gasteiger partial charge in [-0.3, -0.25) is 0 Å². The minimum atomic E-state index is 0.713. The molecule has 10 heavy (non-hydrogen) atoms. The number of nitrogens with one attached hydrogen (secondary N) is 1. The highest BCUT2D eigenvalue weighted by atomic mass is 32.1. The third-order valence-corrected chi connectivity index (χ3v) is 1.53. The maximum atomic E-state index is 5.29. The molecule has 5 heteroatoms. The van der Waals surface area contributed by atoms with Gasteiger partial charge in [0.05, 0.1) is 17.9 Å². The van der Waals surface area contributed by atoms with Gasteiger partial charge in [-0.15, -0.1) is 0 Å². The van der Waals surface area contributed by atoms with E-state index in [1.54, 1.807) is 6.20 Å². The Balaban J connectivity index is 2.15. The SMILES string of the molecule is NCCCNc1cnsn1. The zero-order valence-electron chi connectivity index (χ0n) is 5.58. The van der Waals surface area contributed by atoms with Crippen LogP contribution in [0.4, 0.5) is 5.82 Å². The molecular weight excluding hydrogens is 148 g/mol. The molecule has 0 spiro atoms. The number of hydrogen-bond donors (Lipinski definition) is 2. The summed E-state index contributed by atoms with van der Waals surface area (Å²) in [5, 5.41) is 3.08. The van der Waals surface area contributed by atoms with Gasteiger partial charge in [-0.05, 0) is 13.0 Å². The summed E-state index contributed by atoms with van der Waals surface area (Å²) in [6, 6.07) is 0. The first kappa shape index (κ1) is 7.43. The molecule has 0 unspecified atom stereocenters. The van der Waals surface area contributed by atoms with Crippen LogP contribution in [0.3, 0.4) is 0 Å². The van der Waals surface area contributed by atoms with Crippen molar-refractivity contribution < 1.29 is 0 Å². The summed E-state index contributed by atoms with van der Waals surface area (Å²) in [4.78, 5) is 0. The summed E-state index contributed by atoms with van der Waals surface area (Å²) in [5.41, 5.74) is 5.29. The van der Waals surface area contributed by atoms with Gasteiger partial charge in [-0.2, -0.15) is 8.75 Å². The first-order chi connectivity index (χ1) is 4.93. The molecule has 1 aromatic heterocycles. The van der Waals surface area contributed by atoms with E-state index < -0.39 is 0 Å². The van der Waals surface area contributed by atoms with E-state index in [-0.39, 0.29) is 0 Å². The smallest absolute Gasteiger partial charge is 0.160 e. The van der Waals surface area contributed by atoms with Gasteiger partial charge in [0.25, 0.3) is 0 Å². The van der Waals surface area contributed by atoms with Gasteiger partial charge in [-0.1, -0.05) is 0 Å². The Kier molecular flexibility index (Phi) is 3.11. The van der Waals surface area contributed by atoms with Crippen molar-refractivity contribution in [1.82, 2.24) is 8.75 Å². The van der Waals surface area contributed by atoms with Crippen molar-refractivity contribution >= 4 is 17.5 Å². The van der Waals surface area contributed by atoms with Crippen LogP contribution in [0.15, 0.2) is 6.20 Å². The lowest BCUT2D eigenvalue weighted by Crippen LogP contribution is -2.08. The Morgan fingerprint density at radius 1 is 1.70 bits per heavy atom. The Morgan fingerprint density at radius 3 is 3.20 bits per heavy atom. The van der Waals surface area contributed by atoms with Crippen LogP contribution in [-0.4, -0.2) is 21.8 Å². The molecule has 0 saturated carbocycles. The van der Waals surface area contributed by atoms with Crippen LogP contribution in [0.2, 0.25) is 0 Å². The van der Waals surface area contributed by atoms with Gasteiger partial charge in [0.1, 0.15) is 0 Å². The lowest BCUT2D eigenvalue weighted by atomic mass is 10.4. The number of nitrogens with zero attached hydrogens (tertiary/aromatic N) is 2. The van der Waals surface area contributed by atoms with Crippen LogP contribution in [-0.2, 0) is 0 Å². The van der Waals surface area contributed by atoms with E-state index in [2.05, 4.69) is 14.1 Å². The maximum absolute atomic E-state index is 5.29. The lowest BCUT2D eigenvalue weighted by Gasteiger charge is -1.97. The molecule has 3 N–H and O–H groups in total. The number of nitrogens with two attached hydrogens (primary N) is 1. The monoisotopic (exact) mass is 158 g/mol. The van der Waals surface area contributed by atoms with E-state index in [9.17, 15) is 0 Å². The lowest BCUT2D eigenvalue weighted by molar-refractivity contribution is 0.872. The molecule has 0 radical (unpaired) electrons. The van der Waals surface area contributed by atoms with Crippen LogP contribution < -0.4 is 11.1 Å². The van der Waals surface area contributed by atoms with Gasteiger partial charge in [0.15, 0.2) is 5.82 Å². The van der Waals surface area contributed by atoms with E-state index in [0.29, 0.717) is 6.54 Å². The van der Waals surface area contributed by atoms with Gasteiger partial charge in [0.2, 0.25) is 0 Å². The Morgan fingerprint density at radius 2 is 2.60 bits per heavy atom. The fraction of sp³-hybridized carbons (Fsp3) is 0.600. The average Bonchev–Trinajstić information content (AvgIpc) is 2.41. The molecule has 0 bridgehead atoms. The van der Waals surface area contributed by atoms with Crippen LogP contribution in [0, 0.1) is 0 Å². The summed E-state index contributed by atoms with van der Waals surface area (Å²) >= 11 is 1.20. The molecule has 0 amide bonds. The standard InChI is InChI=1S/C5H10N4S/c6-2-1-3-7-5-4-8-10-9-5/h4H,1-3,6H2,(H,7,9). The van der Waals surface area contributed by atoms with E-state index >= 15 is 0 Å². The molecule has 1 rings (SSSR count). The Labute approximate surface area is 63.8 Å². The minimum Gasteiger partial charge on any atom is -0.368 e. The van der Waals surface area contributed by atoms with Crippen molar-refractivity contribution in [3.8, 4) is 0 Å². The second kappa shape index (κ2) is 4.19. The van der Waals surface area contributed by atoms with Crippen LogP contribution >= 0.6 is 11.7 Å². The van der Waals surface area contributed by atoms with E-state index in [0.717, 1.165) is 18.8 Å². The number of aromatic nitrogens is 2. The molecule has 56 valence electrons. The van der Waals surface area contributed by atoms with E-state index in [1.165, 1.54) is 11.7 Å². The first-order valence-corrected chi connectivity index (χ1v) is 3.88. The normalized spacial score (nSPS) is 9.70. The molecule has 0 saturated heterocycles. The van der Waals surface area contributed by atoms with Crippen molar-refractivity contribution in [2.24, 2.45) is 5.73 Å². The molecule has 0 aromatic carbocycles. The summed E-state index contributed by atoms with van der Waals surface area (Å²) in [6.07, 6.45) is 2.68. The van der Waals surface area contributed by atoms with Crippen molar-refractivity contribution in [2.45, 2.75) is 6.42 Å². The highest BCUT2D eigenvalue weighted by Gasteiger charge is 1.91. The predicted octanol–water partition coefficient (Wildman–Crippen LogP) is 0.299. The average molecular weight is 158 g/mol. The topological polar surface area (TPSA) is 63.8 Å². The van der Waals surface area contributed by atoms with Crippen LogP contribution in [0.25, 0.3) is 0 Å². The van der Waals surface area contributed by atoms with Crippen LogP contribution in [0.1, 0.15) is 6.42 Å². The number of rotatable bonds is 4. The van der Waals surface area contributed by atoms with Crippen LogP contribution in [0.5, 0.6) is 0 Å². The quantitative estimate of drug-likeness (QED) is 0.618.